The lowest BCUT2D eigenvalue weighted by Gasteiger charge is -2.34. The van der Waals surface area contributed by atoms with Gasteiger partial charge in [-0.3, -0.25) is 0 Å². The van der Waals surface area contributed by atoms with Crippen molar-refractivity contribution in [3.63, 3.8) is 0 Å². The molecule has 11 heavy (non-hydrogen) atoms. The van der Waals surface area contributed by atoms with Crippen molar-refractivity contribution in [2.24, 2.45) is 5.73 Å². The van der Waals surface area contributed by atoms with E-state index in [0.717, 1.165) is 0 Å². The molecule has 1 aliphatic rings. The van der Waals surface area contributed by atoms with Gasteiger partial charge in [-0.1, -0.05) is 0 Å². The van der Waals surface area contributed by atoms with E-state index in [4.69, 9.17) is 25.8 Å². The summed E-state index contributed by atoms with van der Waals surface area (Å²) in [4.78, 5) is 0. The molecule has 0 aliphatic carbocycles. The molecule has 1 rings (SSSR count). The molecule has 0 saturated carbocycles. The van der Waals surface area contributed by atoms with Gasteiger partial charge in [0.05, 0.1) is 12.7 Å². The third-order valence-electron chi connectivity index (χ3n) is 1.81. The first-order chi connectivity index (χ1) is 5.15. The lowest BCUT2D eigenvalue weighted by molar-refractivity contribution is -0.226. The van der Waals surface area contributed by atoms with Crippen molar-refractivity contribution >= 4 is 0 Å². The molecule has 5 heteroatoms. The Labute approximate surface area is 64.4 Å². The van der Waals surface area contributed by atoms with E-state index in [-0.39, 0.29) is 13.0 Å². The van der Waals surface area contributed by atoms with Crippen LogP contribution in [-0.2, 0) is 4.74 Å². The predicted molar refractivity (Wildman–Crippen MR) is 36.6 cm³/mol. The molecule has 4 unspecified atom stereocenters. The smallest absolute Gasteiger partial charge is 0.181 e. The second-order valence-electron chi connectivity index (χ2n) is 2.71. The van der Waals surface area contributed by atoms with Gasteiger partial charge >= 0.3 is 0 Å². The third kappa shape index (κ3) is 1.88. The molecule has 0 aromatic heterocycles. The van der Waals surface area contributed by atoms with Gasteiger partial charge in [-0.05, 0) is 6.42 Å². The number of hydrogen-bond acceptors (Lipinski definition) is 5. The molecule has 0 radical (unpaired) electrons. The summed E-state index contributed by atoms with van der Waals surface area (Å²) in [6, 6.07) is -0.404. The van der Waals surface area contributed by atoms with Crippen LogP contribution in [0.2, 0.25) is 0 Å². The number of ether oxygens (including phenoxy) is 1. The van der Waals surface area contributed by atoms with Crippen LogP contribution in [0.5, 0.6) is 0 Å². The standard InChI is InChI=1S/C6H13NO4/c7-3-1-4(9)6(10)11-5(3)2-8/h3-6,8-10H,1-2,7H2. The summed E-state index contributed by atoms with van der Waals surface area (Å²) in [5.41, 5.74) is 5.49. The maximum absolute atomic E-state index is 9.02. The molecule has 0 amide bonds. The Balaban J connectivity index is 2.48. The fourth-order valence-electron chi connectivity index (χ4n) is 1.10. The van der Waals surface area contributed by atoms with E-state index in [1.165, 1.54) is 0 Å². The molecule has 4 atom stereocenters. The van der Waals surface area contributed by atoms with Gasteiger partial charge in [0, 0.05) is 6.04 Å². The Morgan fingerprint density at radius 2 is 2.09 bits per heavy atom. The van der Waals surface area contributed by atoms with Crippen molar-refractivity contribution in [1.82, 2.24) is 0 Å². The van der Waals surface area contributed by atoms with E-state index in [0.29, 0.717) is 0 Å². The summed E-state index contributed by atoms with van der Waals surface area (Å²) in [7, 11) is 0. The number of aliphatic hydroxyl groups is 3. The largest absolute Gasteiger partial charge is 0.394 e. The molecule has 5 nitrogen and oxygen atoms in total. The summed E-state index contributed by atoms with van der Waals surface area (Å²) in [5.74, 6) is 0. The highest BCUT2D eigenvalue weighted by Gasteiger charge is 2.33. The van der Waals surface area contributed by atoms with Crippen molar-refractivity contribution in [2.75, 3.05) is 6.61 Å². The zero-order chi connectivity index (χ0) is 8.43. The Morgan fingerprint density at radius 1 is 1.45 bits per heavy atom. The highest BCUT2D eigenvalue weighted by Crippen LogP contribution is 2.16. The molecule has 66 valence electrons. The van der Waals surface area contributed by atoms with Crippen molar-refractivity contribution in [3.8, 4) is 0 Å². The van der Waals surface area contributed by atoms with Crippen LogP contribution in [0.3, 0.4) is 0 Å². The van der Waals surface area contributed by atoms with Crippen LogP contribution >= 0.6 is 0 Å². The molecule has 1 fully saturated rings. The lowest BCUT2D eigenvalue weighted by Crippen LogP contribution is -2.52. The summed E-state index contributed by atoms with van der Waals surface area (Å²) in [6.07, 6.45) is -2.46. The molecular formula is C6H13NO4. The van der Waals surface area contributed by atoms with Gasteiger partial charge in [-0.25, -0.2) is 0 Å². The molecule has 0 bridgehead atoms. The molecular weight excluding hydrogens is 150 g/mol. The maximum Gasteiger partial charge on any atom is 0.181 e. The first-order valence-electron chi connectivity index (χ1n) is 3.53. The van der Waals surface area contributed by atoms with Gasteiger partial charge in [0.25, 0.3) is 0 Å². The monoisotopic (exact) mass is 163 g/mol. The number of aliphatic hydroxyl groups excluding tert-OH is 3. The van der Waals surface area contributed by atoms with Crippen LogP contribution in [0.25, 0.3) is 0 Å². The lowest BCUT2D eigenvalue weighted by atomic mass is 10.0. The van der Waals surface area contributed by atoms with E-state index in [9.17, 15) is 0 Å². The molecule has 1 saturated heterocycles. The molecule has 5 N–H and O–H groups in total. The SMILES string of the molecule is NC1CC(O)C(O)OC1CO. The summed E-state index contributed by atoms with van der Waals surface area (Å²) in [5, 5.41) is 26.7. The van der Waals surface area contributed by atoms with Gasteiger partial charge in [0.15, 0.2) is 6.29 Å². The summed E-state index contributed by atoms with van der Waals surface area (Å²) >= 11 is 0. The third-order valence-corrected chi connectivity index (χ3v) is 1.81. The average molecular weight is 163 g/mol. The van der Waals surface area contributed by atoms with Crippen molar-refractivity contribution < 1.29 is 20.1 Å². The predicted octanol–water partition coefficient (Wildman–Crippen LogP) is -2.23. The van der Waals surface area contributed by atoms with Crippen molar-refractivity contribution in [2.45, 2.75) is 31.0 Å². The Hall–Kier alpha value is -0.200. The minimum absolute atomic E-state index is 0.231. The Morgan fingerprint density at radius 3 is 2.64 bits per heavy atom. The highest BCUT2D eigenvalue weighted by molar-refractivity contribution is 4.82. The van der Waals surface area contributed by atoms with Gasteiger partial charge < -0.3 is 25.8 Å². The van der Waals surface area contributed by atoms with Crippen molar-refractivity contribution in [3.05, 3.63) is 0 Å². The minimum Gasteiger partial charge on any atom is -0.394 e. The van der Waals surface area contributed by atoms with E-state index in [2.05, 4.69) is 0 Å². The number of rotatable bonds is 1. The van der Waals surface area contributed by atoms with E-state index >= 15 is 0 Å². The highest BCUT2D eigenvalue weighted by atomic mass is 16.6. The van der Waals surface area contributed by atoms with Crippen LogP contribution in [0.1, 0.15) is 6.42 Å². The van der Waals surface area contributed by atoms with Crippen molar-refractivity contribution in [1.29, 1.82) is 0 Å². The number of nitrogens with two attached hydrogens (primary N) is 1. The fourth-order valence-corrected chi connectivity index (χ4v) is 1.10. The second-order valence-corrected chi connectivity index (χ2v) is 2.71. The van der Waals surface area contributed by atoms with E-state index < -0.39 is 24.5 Å². The molecule has 1 heterocycles. The van der Waals surface area contributed by atoms with Gasteiger partial charge in [0.1, 0.15) is 6.10 Å². The maximum atomic E-state index is 9.02. The van der Waals surface area contributed by atoms with Gasteiger partial charge in [-0.2, -0.15) is 0 Å². The van der Waals surface area contributed by atoms with Crippen LogP contribution in [0, 0.1) is 0 Å². The van der Waals surface area contributed by atoms with E-state index in [1.54, 1.807) is 0 Å². The average Bonchev–Trinajstić information content (AvgIpc) is 1.97. The zero-order valence-corrected chi connectivity index (χ0v) is 6.05. The quantitative estimate of drug-likeness (QED) is 0.351. The van der Waals surface area contributed by atoms with Gasteiger partial charge in [0.2, 0.25) is 0 Å². The number of hydrogen-bond donors (Lipinski definition) is 4. The second kappa shape index (κ2) is 3.46. The van der Waals surface area contributed by atoms with Crippen LogP contribution in [0.4, 0.5) is 0 Å². The van der Waals surface area contributed by atoms with Crippen LogP contribution in [0.15, 0.2) is 0 Å². The minimum atomic E-state index is -1.22. The fraction of sp³-hybridized carbons (Fsp3) is 1.00. The topological polar surface area (TPSA) is 95.9 Å². The van der Waals surface area contributed by atoms with Crippen LogP contribution in [-0.4, -0.2) is 46.5 Å². The summed E-state index contributed by atoms with van der Waals surface area (Å²) < 4.78 is 4.79. The molecule has 0 aromatic rings. The zero-order valence-electron chi connectivity index (χ0n) is 6.05. The Kier molecular flexibility index (Phi) is 2.80. The molecule has 1 aliphatic heterocycles. The van der Waals surface area contributed by atoms with Crippen LogP contribution < -0.4 is 5.73 Å². The first kappa shape index (κ1) is 8.89. The Bertz CT molecular complexity index is 132. The summed E-state index contributed by atoms with van der Waals surface area (Å²) in [6.45, 7) is -0.231. The van der Waals surface area contributed by atoms with Gasteiger partial charge in [-0.15, -0.1) is 0 Å². The molecule has 0 aromatic carbocycles. The van der Waals surface area contributed by atoms with E-state index in [1.807, 2.05) is 0 Å². The normalized spacial score (nSPS) is 45.8. The molecule has 0 spiro atoms. The first-order valence-corrected chi connectivity index (χ1v) is 3.53.